The van der Waals surface area contributed by atoms with E-state index in [1.165, 1.54) is 0 Å². The molecule has 8 nitrogen and oxygen atoms in total. The van der Waals surface area contributed by atoms with Gasteiger partial charge in [0.05, 0.1) is 30.3 Å². The highest BCUT2D eigenvalue weighted by Gasteiger charge is 2.23. The summed E-state index contributed by atoms with van der Waals surface area (Å²) in [6, 6.07) is 1.10. The molecule has 0 radical (unpaired) electrons. The van der Waals surface area contributed by atoms with Gasteiger partial charge in [-0.25, -0.2) is 9.18 Å². The summed E-state index contributed by atoms with van der Waals surface area (Å²) in [4.78, 5) is 32.5. The molecule has 0 aliphatic heterocycles. The Labute approximate surface area is 112 Å². The molecule has 0 heterocycles. The molecule has 9 heteroatoms. The van der Waals surface area contributed by atoms with Crippen molar-refractivity contribution in [2.24, 2.45) is 0 Å². The van der Waals surface area contributed by atoms with E-state index in [0.717, 1.165) is 19.2 Å². The Bertz CT molecular complexity index is 548. The molecule has 0 saturated carbocycles. The smallest absolute Gasteiger partial charge is 0.330 e. The number of carbonyl (C=O) groups is 2. The monoisotopic (exact) mass is 286 g/mol. The SMILES string of the molecule is COC(=O)C(CO)NC(=O)c1ccc([N+](=O)[O-])cc1F. The Morgan fingerprint density at radius 1 is 1.55 bits per heavy atom. The molecular weight excluding hydrogens is 275 g/mol. The lowest BCUT2D eigenvalue weighted by Gasteiger charge is -2.13. The Morgan fingerprint density at radius 3 is 2.65 bits per heavy atom. The zero-order valence-corrected chi connectivity index (χ0v) is 10.3. The predicted octanol–water partition coefficient (Wildman–Crippen LogP) is -0.00240. The number of methoxy groups -OCH3 is 1. The summed E-state index contributed by atoms with van der Waals surface area (Å²) < 4.78 is 17.9. The third-order valence-electron chi connectivity index (χ3n) is 2.38. The van der Waals surface area contributed by atoms with E-state index in [1.807, 2.05) is 5.32 Å². The number of nitro groups is 1. The maximum Gasteiger partial charge on any atom is 0.330 e. The van der Waals surface area contributed by atoms with Gasteiger partial charge in [0.2, 0.25) is 0 Å². The fraction of sp³-hybridized carbons (Fsp3) is 0.273. The van der Waals surface area contributed by atoms with E-state index in [-0.39, 0.29) is 0 Å². The van der Waals surface area contributed by atoms with Crippen molar-refractivity contribution in [3.05, 3.63) is 39.7 Å². The van der Waals surface area contributed by atoms with Crippen LogP contribution in [0.5, 0.6) is 0 Å². The minimum absolute atomic E-state index is 0.488. The van der Waals surface area contributed by atoms with E-state index in [2.05, 4.69) is 4.74 Å². The van der Waals surface area contributed by atoms with Gasteiger partial charge in [-0.15, -0.1) is 0 Å². The van der Waals surface area contributed by atoms with Crippen LogP contribution >= 0.6 is 0 Å². The Hall–Kier alpha value is -2.55. The fourth-order valence-corrected chi connectivity index (χ4v) is 1.36. The van der Waals surface area contributed by atoms with Crippen molar-refractivity contribution < 1.29 is 28.7 Å². The number of nitrogens with zero attached hydrogens (tertiary/aromatic N) is 1. The van der Waals surface area contributed by atoms with Crippen LogP contribution in [-0.2, 0) is 9.53 Å². The van der Waals surface area contributed by atoms with Gasteiger partial charge in [-0.2, -0.15) is 0 Å². The van der Waals surface area contributed by atoms with Crippen molar-refractivity contribution >= 4 is 17.6 Å². The molecule has 0 fully saturated rings. The molecule has 0 spiro atoms. The third kappa shape index (κ3) is 3.48. The molecular formula is C11H11FN2O6. The average Bonchev–Trinajstić information content (AvgIpc) is 2.43. The van der Waals surface area contributed by atoms with Crippen molar-refractivity contribution in [3.8, 4) is 0 Å². The fourth-order valence-electron chi connectivity index (χ4n) is 1.36. The second-order valence-electron chi connectivity index (χ2n) is 3.65. The van der Waals surface area contributed by atoms with Gasteiger partial charge in [-0.1, -0.05) is 0 Å². The highest BCUT2D eigenvalue weighted by Crippen LogP contribution is 2.16. The predicted molar refractivity (Wildman–Crippen MR) is 63.4 cm³/mol. The molecule has 1 unspecified atom stereocenters. The number of aliphatic hydroxyl groups excluding tert-OH is 1. The maximum atomic E-state index is 13.6. The summed E-state index contributed by atoms with van der Waals surface area (Å²) in [5.41, 5.74) is -0.997. The first-order chi connectivity index (χ1) is 9.40. The number of ether oxygens (including phenoxy) is 1. The van der Waals surface area contributed by atoms with E-state index in [1.54, 1.807) is 0 Å². The van der Waals surface area contributed by atoms with Crippen molar-refractivity contribution in [1.29, 1.82) is 0 Å². The molecule has 108 valence electrons. The number of nitro benzene ring substituents is 1. The summed E-state index contributed by atoms with van der Waals surface area (Å²) in [5.74, 6) is -3.01. The van der Waals surface area contributed by atoms with Crippen LogP contribution in [0.25, 0.3) is 0 Å². The summed E-state index contributed by atoms with van der Waals surface area (Å²) in [6.45, 7) is -0.729. The minimum atomic E-state index is -1.35. The van der Waals surface area contributed by atoms with Gasteiger partial charge in [0, 0.05) is 6.07 Å². The topological polar surface area (TPSA) is 119 Å². The van der Waals surface area contributed by atoms with Crippen molar-refractivity contribution in [1.82, 2.24) is 5.32 Å². The number of amides is 1. The van der Waals surface area contributed by atoms with Crippen LogP contribution in [-0.4, -0.2) is 41.7 Å². The first kappa shape index (κ1) is 15.5. The average molecular weight is 286 g/mol. The van der Waals surface area contributed by atoms with Crippen LogP contribution in [0.3, 0.4) is 0 Å². The number of aliphatic hydroxyl groups is 1. The number of benzene rings is 1. The lowest BCUT2D eigenvalue weighted by atomic mass is 10.1. The molecule has 0 aromatic heterocycles. The van der Waals surface area contributed by atoms with Crippen LogP contribution in [0.2, 0.25) is 0 Å². The zero-order chi connectivity index (χ0) is 15.3. The summed E-state index contributed by atoms with van der Waals surface area (Å²) in [5, 5.41) is 21.4. The van der Waals surface area contributed by atoms with E-state index >= 15 is 0 Å². The highest BCUT2D eigenvalue weighted by atomic mass is 19.1. The quantitative estimate of drug-likeness (QED) is 0.446. The van der Waals surface area contributed by atoms with Gasteiger partial charge in [-0.3, -0.25) is 14.9 Å². The van der Waals surface area contributed by atoms with Crippen LogP contribution in [0.1, 0.15) is 10.4 Å². The summed E-state index contributed by atoms with van der Waals surface area (Å²) in [6.07, 6.45) is 0. The lowest BCUT2D eigenvalue weighted by molar-refractivity contribution is -0.385. The van der Waals surface area contributed by atoms with E-state index in [9.17, 15) is 24.1 Å². The van der Waals surface area contributed by atoms with Gasteiger partial charge in [-0.05, 0) is 6.07 Å². The van der Waals surface area contributed by atoms with Gasteiger partial charge in [0.15, 0.2) is 6.04 Å². The van der Waals surface area contributed by atoms with Gasteiger partial charge < -0.3 is 15.2 Å². The zero-order valence-electron chi connectivity index (χ0n) is 10.3. The number of hydrogen-bond donors (Lipinski definition) is 2. The second-order valence-corrected chi connectivity index (χ2v) is 3.65. The molecule has 0 aliphatic rings. The largest absolute Gasteiger partial charge is 0.467 e. The van der Waals surface area contributed by atoms with Crippen molar-refractivity contribution in [2.45, 2.75) is 6.04 Å². The van der Waals surface area contributed by atoms with Crippen LogP contribution < -0.4 is 5.32 Å². The first-order valence-corrected chi connectivity index (χ1v) is 5.34. The number of esters is 1. The Balaban J connectivity index is 2.92. The molecule has 0 bridgehead atoms. The molecule has 1 aromatic carbocycles. The molecule has 2 N–H and O–H groups in total. The van der Waals surface area contributed by atoms with Crippen LogP contribution in [0.4, 0.5) is 10.1 Å². The van der Waals surface area contributed by atoms with Crippen molar-refractivity contribution in [2.75, 3.05) is 13.7 Å². The molecule has 1 amide bonds. The van der Waals surface area contributed by atoms with E-state index < -0.39 is 46.5 Å². The number of hydrogen-bond acceptors (Lipinski definition) is 6. The van der Waals surface area contributed by atoms with Gasteiger partial charge in [0.25, 0.3) is 11.6 Å². The highest BCUT2D eigenvalue weighted by molar-refractivity contribution is 5.97. The maximum absolute atomic E-state index is 13.6. The van der Waals surface area contributed by atoms with Gasteiger partial charge >= 0.3 is 5.97 Å². The summed E-state index contributed by atoms with van der Waals surface area (Å²) >= 11 is 0. The number of carbonyl (C=O) groups excluding carboxylic acids is 2. The molecule has 0 saturated heterocycles. The molecule has 20 heavy (non-hydrogen) atoms. The number of rotatable bonds is 5. The third-order valence-corrected chi connectivity index (χ3v) is 2.38. The normalized spacial score (nSPS) is 11.6. The molecule has 1 aromatic rings. The Kier molecular flexibility index (Phi) is 5.09. The van der Waals surface area contributed by atoms with E-state index in [4.69, 9.17) is 5.11 Å². The lowest BCUT2D eigenvalue weighted by Crippen LogP contribution is -2.44. The standard InChI is InChI=1S/C11H11FN2O6/c1-20-11(17)9(5-15)13-10(16)7-3-2-6(14(18)19)4-8(7)12/h2-4,9,15H,5H2,1H3,(H,13,16). The first-order valence-electron chi connectivity index (χ1n) is 5.34. The minimum Gasteiger partial charge on any atom is -0.467 e. The number of halogens is 1. The molecule has 0 aliphatic carbocycles. The number of non-ortho nitro benzene ring substituents is 1. The summed E-state index contributed by atoms with van der Waals surface area (Å²) in [7, 11) is 1.06. The van der Waals surface area contributed by atoms with Crippen LogP contribution in [0, 0.1) is 15.9 Å². The van der Waals surface area contributed by atoms with Gasteiger partial charge in [0.1, 0.15) is 5.82 Å². The molecule has 1 rings (SSSR count). The van der Waals surface area contributed by atoms with Crippen LogP contribution in [0.15, 0.2) is 18.2 Å². The number of nitrogens with one attached hydrogen (secondary N) is 1. The Morgan fingerprint density at radius 2 is 2.20 bits per heavy atom. The van der Waals surface area contributed by atoms with E-state index in [0.29, 0.717) is 6.07 Å². The molecule has 1 atom stereocenters. The second kappa shape index (κ2) is 6.57. The van der Waals surface area contributed by atoms with Crippen molar-refractivity contribution in [3.63, 3.8) is 0 Å².